The number of fused-ring (bicyclic) bond motifs is 2. The number of amides is 1. The van der Waals surface area contributed by atoms with Crippen molar-refractivity contribution in [1.29, 1.82) is 0 Å². The van der Waals surface area contributed by atoms with Crippen LogP contribution in [0, 0.1) is 36.0 Å². The highest BCUT2D eigenvalue weighted by Gasteiger charge is 2.52. The molecule has 0 heterocycles. The average molecular weight is 261 g/mol. The Morgan fingerprint density at radius 2 is 2.00 bits per heavy atom. The monoisotopic (exact) mass is 261 g/mol. The molecule has 2 rings (SSSR count). The molecule has 0 radical (unpaired) electrons. The van der Waals surface area contributed by atoms with E-state index in [4.69, 9.17) is 6.42 Å². The van der Waals surface area contributed by atoms with Crippen LogP contribution in [0.3, 0.4) is 0 Å². The molecule has 2 bridgehead atoms. The molecule has 1 saturated carbocycles. The summed E-state index contributed by atoms with van der Waals surface area (Å²) in [6.07, 6.45) is 10.8. The molecule has 4 atom stereocenters. The predicted molar refractivity (Wildman–Crippen MR) is 71.1 cm³/mol. The fourth-order valence-corrected chi connectivity index (χ4v) is 3.35. The Morgan fingerprint density at radius 1 is 1.37 bits per heavy atom. The number of hydrogen-bond donors (Lipinski definition) is 1. The second-order valence-corrected chi connectivity index (χ2v) is 5.30. The Balaban J connectivity index is 2.19. The van der Waals surface area contributed by atoms with Crippen molar-refractivity contribution in [2.45, 2.75) is 19.8 Å². The number of carboxylic acids is 1. The highest BCUT2D eigenvalue weighted by Crippen LogP contribution is 2.48. The predicted octanol–water partition coefficient (Wildman–Crippen LogP) is 1.38. The van der Waals surface area contributed by atoms with Crippen LogP contribution in [0.25, 0.3) is 0 Å². The van der Waals surface area contributed by atoms with E-state index in [0.29, 0.717) is 6.54 Å². The normalized spacial score (nSPS) is 31.2. The molecule has 2 unspecified atom stereocenters. The van der Waals surface area contributed by atoms with Crippen LogP contribution in [0.15, 0.2) is 12.2 Å². The molecule has 0 aliphatic heterocycles. The van der Waals surface area contributed by atoms with Gasteiger partial charge in [0.25, 0.3) is 0 Å². The van der Waals surface area contributed by atoms with Crippen molar-refractivity contribution in [3.63, 3.8) is 0 Å². The molecular formula is C15H19NO3. The van der Waals surface area contributed by atoms with E-state index in [1.165, 1.54) is 0 Å². The first-order chi connectivity index (χ1) is 9.10. The van der Waals surface area contributed by atoms with E-state index in [1.807, 2.05) is 19.1 Å². The Kier molecular flexibility index (Phi) is 3.94. The van der Waals surface area contributed by atoms with E-state index in [-0.39, 0.29) is 24.3 Å². The largest absolute Gasteiger partial charge is 0.481 e. The minimum Gasteiger partial charge on any atom is -0.481 e. The molecule has 0 spiro atoms. The van der Waals surface area contributed by atoms with Crippen LogP contribution in [0.4, 0.5) is 0 Å². The zero-order chi connectivity index (χ0) is 14.0. The summed E-state index contributed by atoms with van der Waals surface area (Å²) in [4.78, 5) is 25.6. The van der Waals surface area contributed by atoms with Crippen molar-refractivity contribution in [3.05, 3.63) is 12.2 Å². The number of allylic oxidation sites excluding steroid dienone is 2. The van der Waals surface area contributed by atoms with Crippen molar-refractivity contribution < 1.29 is 14.7 Å². The second kappa shape index (κ2) is 5.48. The fourth-order valence-electron chi connectivity index (χ4n) is 3.35. The number of carboxylic acid groups (broad SMARTS) is 1. The molecule has 0 aromatic heterocycles. The van der Waals surface area contributed by atoms with Gasteiger partial charge < -0.3 is 10.0 Å². The second-order valence-electron chi connectivity index (χ2n) is 5.30. The van der Waals surface area contributed by atoms with Gasteiger partial charge in [0.1, 0.15) is 0 Å². The minimum atomic E-state index is -0.868. The van der Waals surface area contributed by atoms with Crippen LogP contribution in [0.2, 0.25) is 0 Å². The Labute approximate surface area is 113 Å². The lowest BCUT2D eigenvalue weighted by Gasteiger charge is -2.29. The molecule has 4 nitrogen and oxygen atoms in total. The van der Waals surface area contributed by atoms with Crippen molar-refractivity contribution in [2.75, 3.05) is 13.1 Å². The SMILES string of the molecule is C#CCN(CCC)C(=O)[C@H]1C2C=CC(C2)[C@H]1C(=O)O. The highest BCUT2D eigenvalue weighted by atomic mass is 16.4. The molecule has 102 valence electrons. The molecule has 0 aromatic rings. The van der Waals surface area contributed by atoms with Gasteiger partial charge in [-0.15, -0.1) is 6.42 Å². The minimum absolute atomic E-state index is 0.00534. The molecule has 1 amide bonds. The first kappa shape index (κ1) is 13.7. The molecule has 0 aromatic carbocycles. The zero-order valence-electron chi connectivity index (χ0n) is 11.1. The van der Waals surface area contributed by atoms with Crippen molar-refractivity contribution in [2.24, 2.45) is 23.7 Å². The van der Waals surface area contributed by atoms with Gasteiger partial charge in [-0.1, -0.05) is 25.0 Å². The summed E-state index contributed by atoms with van der Waals surface area (Å²) >= 11 is 0. The number of terminal acetylenes is 1. The molecule has 4 heteroatoms. The Bertz CT molecular complexity index is 449. The number of carbonyl (C=O) groups excluding carboxylic acids is 1. The maximum atomic E-state index is 12.6. The van der Waals surface area contributed by atoms with Crippen LogP contribution in [-0.4, -0.2) is 35.0 Å². The molecule has 2 aliphatic rings. The first-order valence-electron chi connectivity index (χ1n) is 6.73. The van der Waals surface area contributed by atoms with Crippen molar-refractivity contribution in [1.82, 2.24) is 4.90 Å². The fraction of sp³-hybridized carbons (Fsp3) is 0.600. The Hall–Kier alpha value is -1.76. The van der Waals surface area contributed by atoms with E-state index in [0.717, 1.165) is 12.8 Å². The van der Waals surface area contributed by atoms with Crippen molar-refractivity contribution in [3.8, 4) is 12.3 Å². The van der Waals surface area contributed by atoms with E-state index in [1.54, 1.807) is 4.90 Å². The maximum absolute atomic E-state index is 12.6. The molecule has 19 heavy (non-hydrogen) atoms. The van der Waals surface area contributed by atoms with Crippen molar-refractivity contribution >= 4 is 11.9 Å². The van der Waals surface area contributed by atoms with Crippen LogP contribution in [0.5, 0.6) is 0 Å². The van der Waals surface area contributed by atoms with E-state index in [2.05, 4.69) is 5.92 Å². The van der Waals surface area contributed by atoms with Gasteiger partial charge in [0.15, 0.2) is 0 Å². The van der Waals surface area contributed by atoms with Gasteiger partial charge in [-0.3, -0.25) is 9.59 Å². The smallest absolute Gasteiger partial charge is 0.307 e. The third kappa shape index (κ3) is 2.37. The van der Waals surface area contributed by atoms with Gasteiger partial charge in [0.2, 0.25) is 5.91 Å². The summed E-state index contributed by atoms with van der Waals surface area (Å²) in [6, 6.07) is 0. The molecule has 1 fully saturated rings. The number of carbonyl (C=O) groups is 2. The van der Waals surface area contributed by atoms with Gasteiger partial charge in [-0.2, -0.15) is 0 Å². The molecule has 2 aliphatic carbocycles. The number of hydrogen-bond acceptors (Lipinski definition) is 2. The average Bonchev–Trinajstić information content (AvgIpc) is 2.97. The zero-order valence-corrected chi connectivity index (χ0v) is 11.1. The van der Waals surface area contributed by atoms with Gasteiger partial charge in [0, 0.05) is 6.54 Å². The number of aliphatic carboxylic acids is 1. The Morgan fingerprint density at radius 3 is 2.53 bits per heavy atom. The van der Waals surface area contributed by atoms with Gasteiger partial charge >= 0.3 is 5.97 Å². The standard InChI is InChI=1S/C15H19NO3/c1-3-7-16(8-4-2)14(17)12-10-5-6-11(9-10)13(12)15(18)19/h1,5-6,10-13H,4,7-9H2,2H3,(H,18,19)/t10?,11?,12-,13+/m0/s1. The summed E-state index contributed by atoms with van der Waals surface area (Å²) in [5.41, 5.74) is 0. The van der Waals surface area contributed by atoms with Crippen LogP contribution in [0.1, 0.15) is 19.8 Å². The van der Waals surface area contributed by atoms with E-state index in [9.17, 15) is 14.7 Å². The van der Waals surface area contributed by atoms with Crippen LogP contribution in [-0.2, 0) is 9.59 Å². The molecular weight excluding hydrogens is 242 g/mol. The van der Waals surface area contributed by atoms with E-state index < -0.39 is 17.8 Å². The summed E-state index contributed by atoms with van der Waals surface area (Å²) in [7, 11) is 0. The summed E-state index contributed by atoms with van der Waals surface area (Å²) in [5.74, 6) is 0.573. The lowest BCUT2D eigenvalue weighted by molar-refractivity contribution is -0.150. The number of nitrogens with zero attached hydrogens (tertiary/aromatic N) is 1. The van der Waals surface area contributed by atoms with Crippen LogP contribution >= 0.6 is 0 Å². The first-order valence-corrected chi connectivity index (χ1v) is 6.73. The van der Waals surface area contributed by atoms with E-state index >= 15 is 0 Å². The molecule has 0 saturated heterocycles. The third-order valence-electron chi connectivity index (χ3n) is 4.12. The quantitative estimate of drug-likeness (QED) is 0.601. The lowest BCUT2D eigenvalue weighted by atomic mass is 9.82. The van der Waals surface area contributed by atoms with Gasteiger partial charge in [-0.25, -0.2) is 0 Å². The van der Waals surface area contributed by atoms with Crippen LogP contribution < -0.4 is 0 Å². The summed E-state index contributed by atoms with van der Waals surface area (Å²) in [6.45, 7) is 2.83. The number of rotatable bonds is 5. The topological polar surface area (TPSA) is 57.6 Å². The molecule has 1 N–H and O–H groups in total. The third-order valence-corrected chi connectivity index (χ3v) is 4.12. The maximum Gasteiger partial charge on any atom is 0.307 e. The van der Waals surface area contributed by atoms with Gasteiger partial charge in [-0.05, 0) is 24.7 Å². The highest BCUT2D eigenvalue weighted by molar-refractivity contribution is 5.87. The lowest BCUT2D eigenvalue weighted by Crippen LogP contribution is -2.43. The van der Waals surface area contributed by atoms with Gasteiger partial charge in [0.05, 0.1) is 18.4 Å². The summed E-state index contributed by atoms with van der Waals surface area (Å²) in [5, 5.41) is 9.35. The summed E-state index contributed by atoms with van der Waals surface area (Å²) < 4.78 is 0.